The normalized spacial score (nSPS) is 16.5. The van der Waals surface area contributed by atoms with Gasteiger partial charge in [-0.3, -0.25) is 4.79 Å². The fourth-order valence-electron chi connectivity index (χ4n) is 4.38. The number of aromatic nitrogens is 3. The van der Waals surface area contributed by atoms with Crippen molar-refractivity contribution in [2.24, 2.45) is 0 Å². The van der Waals surface area contributed by atoms with Gasteiger partial charge in [0.15, 0.2) is 0 Å². The second-order valence-corrected chi connectivity index (χ2v) is 7.74. The van der Waals surface area contributed by atoms with Crippen molar-refractivity contribution in [2.45, 2.75) is 25.8 Å². The van der Waals surface area contributed by atoms with Crippen molar-refractivity contribution < 1.29 is 14.3 Å². The molecule has 3 heterocycles. The fraction of sp³-hybridized carbons (Fsp3) is 0.304. The number of methoxy groups -OCH3 is 2. The number of aryl methyl sites for hydroxylation is 1. The fourth-order valence-corrected chi connectivity index (χ4v) is 4.38. The second kappa shape index (κ2) is 7.09. The Balaban J connectivity index is 1.51. The van der Waals surface area contributed by atoms with Gasteiger partial charge in [0, 0.05) is 11.9 Å². The summed E-state index contributed by atoms with van der Waals surface area (Å²) in [7, 11) is 3.24. The standard InChI is InChI=1S/C23H24N4O3/c1-13-6-7-15-16(11-13)26-22(25-15)18-5-4-10-27(18)23(28)17-12-14-19(29-2)8-9-20(30-3)21(14)24-17/h6-9,11-12,18,24H,4-5,10H2,1-3H3,(H,25,26). The van der Waals surface area contributed by atoms with E-state index >= 15 is 0 Å². The van der Waals surface area contributed by atoms with Gasteiger partial charge in [-0.1, -0.05) is 6.07 Å². The number of nitrogens with zero attached hydrogens (tertiary/aromatic N) is 2. The molecule has 0 saturated carbocycles. The molecule has 2 aromatic heterocycles. The number of fused-ring (bicyclic) bond motifs is 2. The molecule has 1 atom stereocenters. The average Bonchev–Trinajstić information content (AvgIpc) is 3.49. The number of benzene rings is 2. The van der Waals surface area contributed by atoms with E-state index in [1.807, 2.05) is 29.2 Å². The summed E-state index contributed by atoms with van der Waals surface area (Å²) in [5, 5.41) is 0.829. The van der Waals surface area contributed by atoms with Gasteiger partial charge in [0.2, 0.25) is 0 Å². The number of likely N-dealkylation sites (tertiary alicyclic amines) is 1. The van der Waals surface area contributed by atoms with Crippen LogP contribution in [0.3, 0.4) is 0 Å². The van der Waals surface area contributed by atoms with Crippen molar-refractivity contribution in [3.63, 3.8) is 0 Å². The van der Waals surface area contributed by atoms with Crippen LogP contribution in [0.2, 0.25) is 0 Å². The molecular formula is C23H24N4O3. The molecule has 1 fully saturated rings. The number of amides is 1. The predicted molar refractivity (Wildman–Crippen MR) is 115 cm³/mol. The number of nitrogens with one attached hydrogen (secondary N) is 2. The molecule has 0 aliphatic carbocycles. The Morgan fingerprint density at radius 1 is 1.10 bits per heavy atom. The maximum Gasteiger partial charge on any atom is 0.270 e. The van der Waals surface area contributed by atoms with Crippen LogP contribution in [0.4, 0.5) is 0 Å². The highest BCUT2D eigenvalue weighted by atomic mass is 16.5. The Morgan fingerprint density at radius 2 is 1.90 bits per heavy atom. The number of ether oxygens (including phenoxy) is 2. The predicted octanol–water partition coefficient (Wildman–Crippen LogP) is 4.35. The van der Waals surface area contributed by atoms with Crippen molar-refractivity contribution in [2.75, 3.05) is 20.8 Å². The summed E-state index contributed by atoms with van der Waals surface area (Å²) in [4.78, 5) is 26.8. The van der Waals surface area contributed by atoms with E-state index in [4.69, 9.17) is 14.5 Å². The minimum absolute atomic E-state index is 0.0468. The number of aromatic amines is 2. The zero-order valence-corrected chi connectivity index (χ0v) is 17.3. The molecule has 5 rings (SSSR count). The van der Waals surface area contributed by atoms with E-state index in [2.05, 4.69) is 29.0 Å². The Labute approximate surface area is 174 Å². The van der Waals surface area contributed by atoms with Gasteiger partial charge in [0.05, 0.1) is 36.8 Å². The first-order valence-electron chi connectivity index (χ1n) is 10.1. The molecule has 1 aliphatic rings. The van der Waals surface area contributed by atoms with Crippen LogP contribution in [-0.4, -0.2) is 46.5 Å². The van der Waals surface area contributed by atoms with Gasteiger partial charge in [-0.05, 0) is 55.7 Å². The van der Waals surface area contributed by atoms with E-state index in [-0.39, 0.29) is 11.9 Å². The molecule has 0 radical (unpaired) electrons. The van der Waals surface area contributed by atoms with Gasteiger partial charge in [-0.15, -0.1) is 0 Å². The molecule has 0 bridgehead atoms. The van der Waals surface area contributed by atoms with E-state index in [1.165, 1.54) is 5.56 Å². The first-order chi connectivity index (χ1) is 14.6. The Bertz CT molecular complexity index is 1220. The number of hydrogen-bond donors (Lipinski definition) is 2. The molecular weight excluding hydrogens is 380 g/mol. The number of carbonyl (C=O) groups is 1. The minimum atomic E-state index is -0.0691. The molecule has 2 aromatic carbocycles. The number of hydrogen-bond acceptors (Lipinski definition) is 4. The minimum Gasteiger partial charge on any atom is -0.496 e. The van der Waals surface area contributed by atoms with Gasteiger partial charge in [0.25, 0.3) is 5.91 Å². The smallest absolute Gasteiger partial charge is 0.270 e. The van der Waals surface area contributed by atoms with E-state index in [0.29, 0.717) is 23.7 Å². The van der Waals surface area contributed by atoms with E-state index in [9.17, 15) is 4.79 Å². The lowest BCUT2D eigenvalue weighted by molar-refractivity contribution is 0.0725. The van der Waals surface area contributed by atoms with Gasteiger partial charge in [-0.25, -0.2) is 4.98 Å². The molecule has 7 nitrogen and oxygen atoms in total. The largest absolute Gasteiger partial charge is 0.496 e. The van der Waals surface area contributed by atoms with Crippen LogP contribution in [-0.2, 0) is 0 Å². The van der Waals surface area contributed by atoms with Crippen molar-refractivity contribution in [3.8, 4) is 11.5 Å². The van der Waals surface area contributed by atoms with Gasteiger partial charge < -0.3 is 24.3 Å². The van der Waals surface area contributed by atoms with Crippen LogP contribution in [0.5, 0.6) is 11.5 Å². The lowest BCUT2D eigenvalue weighted by Gasteiger charge is -2.22. The van der Waals surface area contributed by atoms with Crippen LogP contribution in [0, 0.1) is 6.92 Å². The average molecular weight is 404 g/mol. The molecule has 2 N–H and O–H groups in total. The summed E-state index contributed by atoms with van der Waals surface area (Å²) in [6.45, 7) is 2.76. The highest BCUT2D eigenvalue weighted by molar-refractivity contribution is 6.01. The zero-order chi connectivity index (χ0) is 20.8. The molecule has 1 unspecified atom stereocenters. The van der Waals surface area contributed by atoms with Gasteiger partial charge in [-0.2, -0.15) is 0 Å². The molecule has 1 saturated heterocycles. The molecule has 4 aromatic rings. The molecule has 1 amide bonds. The van der Waals surface area contributed by atoms with Crippen LogP contribution in [0.25, 0.3) is 21.9 Å². The highest BCUT2D eigenvalue weighted by Gasteiger charge is 2.33. The maximum atomic E-state index is 13.4. The van der Waals surface area contributed by atoms with E-state index < -0.39 is 0 Å². The summed E-state index contributed by atoms with van der Waals surface area (Å²) >= 11 is 0. The van der Waals surface area contributed by atoms with E-state index in [0.717, 1.165) is 40.6 Å². The zero-order valence-electron chi connectivity index (χ0n) is 17.3. The second-order valence-electron chi connectivity index (χ2n) is 7.74. The van der Waals surface area contributed by atoms with Crippen molar-refractivity contribution >= 4 is 27.8 Å². The van der Waals surface area contributed by atoms with Crippen LogP contribution < -0.4 is 9.47 Å². The lowest BCUT2D eigenvalue weighted by Crippen LogP contribution is -2.31. The monoisotopic (exact) mass is 404 g/mol. The number of imidazole rings is 1. The first-order valence-corrected chi connectivity index (χ1v) is 10.1. The third-order valence-electron chi connectivity index (χ3n) is 5.87. The Kier molecular flexibility index (Phi) is 4.38. The van der Waals surface area contributed by atoms with Crippen molar-refractivity contribution in [3.05, 3.63) is 53.5 Å². The van der Waals surface area contributed by atoms with Crippen LogP contribution in [0.15, 0.2) is 36.4 Å². The number of carbonyl (C=O) groups excluding carboxylic acids is 1. The molecule has 1 aliphatic heterocycles. The number of H-pyrrole nitrogens is 2. The molecule has 154 valence electrons. The van der Waals surface area contributed by atoms with Crippen molar-refractivity contribution in [1.82, 2.24) is 19.9 Å². The number of rotatable bonds is 4. The molecule has 30 heavy (non-hydrogen) atoms. The molecule has 7 heteroatoms. The summed E-state index contributed by atoms with van der Waals surface area (Å²) in [5.41, 5.74) is 4.39. The third kappa shape index (κ3) is 2.89. The Hall–Kier alpha value is -3.48. The molecule has 0 spiro atoms. The summed E-state index contributed by atoms with van der Waals surface area (Å²) in [6.07, 6.45) is 1.83. The van der Waals surface area contributed by atoms with E-state index in [1.54, 1.807) is 14.2 Å². The Morgan fingerprint density at radius 3 is 2.70 bits per heavy atom. The van der Waals surface area contributed by atoms with Gasteiger partial charge >= 0.3 is 0 Å². The maximum absolute atomic E-state index is 13.4. The third-order valence-corrected chi connectivity index (χ3v) is 5.87. The van der Waals surface area contributed by atoms with Crippen LogP contribution >= 0.6 is 0 Å². The lowest BCUT2D eigenvalue weighted by atomic mass is 10.2. The van der Waals surface area contributed by atoms with Crippen molar-refractivity contribution in [1.29, 1.82) is 0 Å². The van der Waals surface area contributed by atoms with Gasteiger partial charge in [0.1, 0.15) is 23.0 Å². The topological polar surface area (TPSA) is 83.2 Å². The quantitative estimate of drug-likeness (QED) is 0.530. The highest BCUT2D eigenvalue weighted by Crippen LogP contribution is 2.36. The first kappa shape index (κ1) is 18.5. The summed E-state index contributed by atoms with van der Waals surface area (Å²) < 4.78 is 10.9. The summed E-state index contributed by atoms with van der Waals surface area (Å²) in [6, 6.07) is 11.6. The SMILES string of the molecule is COc1ccc(OC)c2[nH]c(C(=O)N3CCCC3c3nc4ccc(C)cc4[nH]3)cc12. The van der Waals surface area contributed by atoms with Crippen LogP contribution in [0.1, 0.15) is 40.8 Å². The summed E-state index contributed by atoms with van der Waals surface area (Å²) in [5.74, 6) is 2.17.